The second-order valence-electron chi connectivity index (χ2n) is 5.51. The molecule has 0 heterocycles. The first-order chi connectivity index (χ1) is 10.5. The number of hydrogen-bond acceptors (Lipinski definition) is 4. The van der Waals surface area contributed by atoms with Crippen LogP contribution in [-0.2, 0) is 15.9 Å². The number of unbranched alkanes of at least 4 members (excludes halogenated alkanes) is 1. The first kappa shape index (κ1) is 16.9. The fourth-order valence-electron chi connectivity index (χ4n) is 2.66. The predicted octanol–water partition coefficient (Wildman–Crippen LogP) is 2.65. The molecule has 0 saturated carbocycles. The molecule has 2 N–H and O–H groups in total. The lowest BCUT2D eigenvalue weighted by molar-refractivity contribution is -0.142. The van der Waals surface area contributed by atoms with Crippen LogP contribution in [0.25, 0.3) is 5.57 Å². The van der Waals surface area contributed by atoms with Gasteiger partial charge in [0.05, 0.1) is 0 Å². The fraction of sp³-hybridized carbons (Fsp3) is 0.444. The molecular formula is C18H24O4. The standard InChI is InChI=1S/C18H24O4/c1-4-5-8-14-9-6-7-10-15(14)16-13-17(21-2,22-3)11-12-18(16,19)20/h6-7,9-13,19-20H,4-5,8H2,1-3H3. The molecule has 1 aromatic rings. The zero-order valence-corrected chi connectivity index (χ0v) is 13.4. The van der Waals surface area contributed by atoms with E-state index in [0.29, 0.717) is 5.57 Å². The number of aliphatic hydroxyl groups is 2. The maximum atomic E-state index is 10.4. The Morgan fingerprint density at radius 1 is 1.05 bits per heavy atom. The van der Waals surface area contributed by atoms with E-state index in [0.717, 1.165) is 30.4 Å². The number of hydrogen-bond donors (Lipinski definition) is 2. The Morgan fingerprint density at radius 2 is 1.73 bits per heavy atom. The van der Waals surface area contributed by atoms with Crippen molar-refractivity contribution in [1.82, 2.24) is 0 Å². The smallest absolute Gasteiger partial charge is 0.210 e. The Hall–Kier alpha value is -1.46. The lowest BCUT2D eigenvalue weighted by Gasteiger charge is -2.34. The number of ether oxygens (including phenoxy) is 2. The molecule has 0 fully saturated rings. The van der Waals surface area contributed by atoms with Crippen LogP contribution in [0.15, 0.2) is 42.5 Å². The summed E-state index contributed by atoms with van der Waals surface area (Å²) in [6.07, 6.45) is 7.44. The van der Waals surface area contributed by atoms with E-state index >= 15 is 0 Å². The predicted molar refractivity (Wildman–Crippen MR) is 86.1 cm³/mol. The molecule has 0 spiro atoms. The van der Waals surface area contributed by atoms with E-state index in [9.17, 15) is 10.2 Å². The highest BCUT2D eigenvalue weighted by Gasteiger charge is 2.38. The average molecular weight is 304 g/mol. The molecule has 1 aromatic carbocycles. The van der Waals surface area contributed by atoms with Crippen LogP contribution in [0.3, 0.4) is 0 Å². The number of rotatable bonds is 6. The van der Waals surface area contributed by atoms with Crippen LogP contribution < -0.4 is 0 Å². The maximum absolute atomic E-state index is 10.4. The van der Waals surface area contributed by atoms with E-state index < -0.39 is 11.6 Å². The molecule has 22 heavy (non-hydrogen) atoms. The Labute approximate surface area is 131 Å². The fourth-order valence-corrected chi connectivity index (χ4v) is 2.66. The van der Waals surface area contributed by atoms with Crippen molar-refractivity contribution in [3.63, 3.8) is 0 Å². The molecule has 0 aromatic heterocycles. The molecule has 120 valence electrons. The van der Waals surface area contributed by atoms with Crippen LogP contribution in [0.2, 0.25) is 0 Å². The van der Waals surface area contributed by atoms with Crippen molar-refractivity contribution in [2.24, 2.45) is 0 Å². The SMILES string of the molecule is CCCCc1ccccc1C1=CC(OC)(OC)C=CC1(O)O. The van der Waals surface area contributed by atoms with E-state index in [-0.39, 0.29) is 0 Å². The van der Waals surface area contributed by atoms with Crippen molar-refractivity contribution in [2.75, 3.05) is 14.2 Å². The Kier molecular flexibility index (Phi) is 5.19. The molecule has 2 rings (SSSR count). The van der Waals surface area contributed by atoms with Crippen LogP contribution in [0.4, 0.5) is 0 Å². The van der Waals surface area contributed by atoms with Crippen molar-refractivity contribution in [3.8, 4) is 0 Å². The quantitative estimate of drug-likeness (QED) is 0.626. The third-order valence-electron chi connectivity index (χ3n) is 4.04. The van der Waals surface area contributed by atoms with E-state index in [1.165, 1.54) is 26.4 Å². The molecular weight excluding hydrogens is 280 g/mol. The Morgan fingerprint density at radius 3 is 2.36 bits per heavy atom. The molecule has 4 heteroatoms. The van der Waals surface area contributed by atoms with Crippen molar-refractivity contribution in [3.05, 3.63) is 53.6 Å². The largest absolute Gasteiger partial charge is 0.359 e. The Bertz CT molecular complexity index is 568. The zero-order chi connectivity index (χ0) is 16.2. The second-order valence-corrected chi connectivity index (χ2v) is 5.51. The zero-order valence-electron chi connectivity index (χ0n) is 13.4. The van der Waals surface area contributed by atoms with Gasteiger partial charge in [-0.05, 0) is 42.2 Å². The molecule has 0 aliphatic heterocycles. The minimum atomic E-state index is -2.04. The van der Waals surface area contributed by atoms with Crippen LogP contribution in [0, 0.1) is 0 Å². The summed E-state index contributed by atoms with van der Waals surface area (Å²) in [6.45, 7) is 2.13. The first-order valence-electron chi connectivity index (χ1n) is 7.55. The molecule has 1 aliphatic rings. The minimum absolute atomic E-state index is 0.380. The maximum Gasteiger partial charge on any atom is 0.210 e. The first-order valence-corrected chi connectivity index (χ1v) is 7.55. The molecule has 0 saturated heterocycles. The van der Waals surface area contributed by atoms with E-state index in [4.69, 9.17) is 9.47 Å². The van der Waals surface area contributed by atoms with Crippen molar-refractivity contribution in [2.45, 2.75) is 37.8 Å². The normalized spacial score (nSPS) is 19.0. The summed E-state index contributed by atoms with van der Waals surface area (Å²) >= 11 is 0. The molecule has 0 amide bonds. The highest BCUT2D eigenvalue weighted by molar-refractivity contribution is 5.77. The van der Waals surface area contributed by atoms with Gasteiger partial charge in [0.2, 0.25) is 11.6 Å². The topological polar surface area (TPSA) is 58.9 Å². The highest BCUT2D eigenvalue weighted by Crippen LogP contribution is 2.37. The minimum Gasteiger partial charge on any atom is -0.359 e. The van der Waals surface area contributed by atoms with Crippen molar-refractivity contribution < 1.29 is 19.7 Å². The monoisotopic (exact) mass is 304 g/mol. The number of methoxy groups -OCH3 is 2. The van der Waals surface area contributed by atoms with Crippen LogP contribution in [0.1, 0.15) is 30.9 Å². The number of aryl methyl sites for hydroxylation is 1. The van der Waals surface area contributed by atoms with Crippen LogP contribution in [-0.4, -0.2) is 36.0 Å². The molecule has 0 unspecified atom stereocenters. The lowest BCUT2D eigenvalue weighted by atomic mass is 9.86. The van der Waals surface area contributed by atoms with Crippen LogP contribution in [0.5, 0.6) is 0 Å². The summed E-state index contributed by atoms with van der Waals surface area (Å²) in [5.74, 6) is -3.12. The van der Waals surface area contributed by atoms with Crippen LogP contribution >= 0.6 is 0 Å². The molecule has 0 radical (unpaired) electrons. The van der Waals surface area contributed by atoms with Gasteiger partial charge in [0.15, 0.2) is 0 Å². The van der Waals surface area contributed by atoms with E-state index in [2.05, 4.69) is 6.92 Å². The summed E-state index contributed by atoms with van der Waals surface area (Å²) in [5, 5.41) is 20.7. The van der Waals surface area contributed by atoms with E-state index in [1.54, 1.807) is 6.08 Å². The summed E-state index contributed by atoms with van der Waals surface area (Å²) in [5.41, 5.74) is 2.27. The van der Waals surface area contributed by atoms with Gasteiger partial charge in [0.25, 0.3) is 0 Å². The number of benzene rings is 1. The summed E-state index contributed by atoms with van der Waals surface area (Å²) in [6, 6.07) is 7.76. The average Bonchev–Trinajstić information content (AvgIpc) is 2.54. The molecule has 0 bridgehead atoms. The summed E-state index contributed by atoms with van der Waals surface area (Å²) < 4.78 is 10.8. The lowest BCUT2D eigenvalue weighted by Crippen LogP contribution is -2.39. The van der Waals surface area contributed by atoms with Crippen molar-refractivity contribution >= 4 is 5.57 Å². The Balaban J connectivity index is 2.51. The van der Waals surface area contributed by atoms with Gasteiger partial charge in [-0.2, -0.15) is 0 Å². The molecule has 4 nitrogen and oxygen atoms in total. The second kappa shape index (κ2) is 6.75. The van der Waals surface area contributed by atoms with Gasteiger partial charge in [0.1, 0.15) is 0 Å². The summed E-state index contributed by atoms with van der Waals surface area (Å²) in [4.78, 5) is 0. The van der Waals surface area contributed by atoms with Gasteiger partial charge < -0.3 is 19.7 Å². The highest BCUT2D eigenvalue weighted by atomic mass is 16.7. The van der Waals surface area contributed by atoms with Gasteiger partial charge in [-0.1, -0.05) is 37.6 Å². The third kappa shape index (κ3) is 3.31. The van der Waals surface area contributed by atoms with Gasteiger partial charge in [-0.25, -0.2) is 0 Å². The van der Waals surface area contributed by atoms with E-state index in [1.807, 2.05) is 24.3 Å². The molecule has 0 atom stereocenters. The third-order valence-corrected chi connectivity index (χ3v) is 4.04. The van der Waals surface area contributed by atoms with Gasteiger partial charge in [0, 0.05) is 19.8 Å². The molecule has 1 aliphatic carbocycles. The van der Waals surface area contributed by atoms with Gasteiger partial charge >= 0.3 is 0 Å². The van der Waals surface area contributed by atoms with Crippen molar-refractivity contribution in [1.29, 1.82) is 0 Å². The van der Waals surface area contributed by atoms with Gasteiger partial charge in [-0.15, -0.1) is 0 Å². The summed E-state index contributed by atoms with van der Waals surface area (Å²) in [7, 11) is 3.04. The van der Waals surface area contributed by atoms with Gasteiger partial charge in [-0.3, -0.25) is 0 Å².